The standard InChI is InChI=1S/C12H16N2O3/c1-12(2,3)17-13-9-8-10-4-6-11(7-5-10)14(15)16/h4-7,9H,8H2,1-3H3/b13-9+. The Morgan fingerprint density at radius 1 is 1.35 bits per heavy atom. The lowest BCUT2D eigenvalue weighted by Gasteiger charge is -2.14. The molecule has 5 nitrogen and oxygen atoms in total. The molecule has 0 radical (unpaired) electrons. The molecule has 0 aliphatic rings. The first-order valence-corrected chi connectivity index (χ1v) is 5.32. The molecule has 0 saturated heterocycles. The Hall–Kier alpha value is -1.91. The van der Waals surface area contributed by atoms with Crippen LogP contribution in [0.1, 0.15) is 26.3 Å². The van der Waals surface area contributed by atoms with E-state index >= 15 is 0 Å². The minimum absolute atomic E-state index is 0.0941. The lowest BCUT2D eigenvalue weighted by atomic mass is 10.1. The second-order valence-corrected chi connectivity index (χ2v) is 4.62. The molecule has 0 saturated carbocycles. The topological polar surface area (TPSA) is 64.7 Å². The van der Waals surface area contributed by atoms with Crippen molar-refractivity contribution in [2.75, 3.05) is 0 Å². The second-order valence-electron chi connectivity index (χ2n) is 4.62. The number of benzene rings is 1. The Morgan fingerprint density at radius 3 is 2.41 bits per heavy atom. The van der Waals surface area contributed by atoms with E-state index in [9.17, 15) is 10.1 Å². The van der Waals surface area contributed by atoms with E-state index in [2.05, 4.69) is 5.16 Å². The van der Waals surface area contributed by atoms with Gasteiger partial charge in [-0.1, -0.05) is 17.3 Å². The summed E-state index contributed by atoms with van der Waals surface area (Å²) in [5.41, 5.74) is 0.750. The summed E-state index contributed by atoms with van der Waals surface area (Å²) in [4.78, 5) is 15.2. The van der Waals surface area contributed by atoms with Crippen LogP contribution in [-0.2, 0) is 11.3 Å². The van der Waals surface area contributed by atoms with Gasteiger partial charge in [-0.2, -0.15) is 0 Å². The van der Waals surface area contributed by atoms with Crippen LogP contribution in [-0.4, -0.2) is 16.7 Å². The van der Waals surface area contributed by atoms with Crippen molar-refractivity contribution in [2.24, 2.45) is 5.16 Å². The number of nitrogens with zero attached hydrogens (tertiary/aromatic N) is 2. The normalized spacial score (nSPS) is 11.7. The summed E-state index contributed by atoms with van der Waals surface area (Å²) in [5, 5.41) is 14.3. The summed E-state index contributed by atoms with van der Waals surface area (Å²) in [6, 6.07) is 6.38. The average Bonchev–Trinajstić information content (AvgIpc) is 2.24. The van der Waals surface area contributed by atoms with Gasteiger partial charge in [-0.05, 0) is 26.3 Å². The summed E-state index contributed by atoms with van der Waals surface area (Å²) in [5.74, 6) is 0. The van der Waals surface area contributed by atoms with Crippen LogP contribution in [0.25, 0.3) is 0 Å². The van der Waals surface area contributed by atoms with Crippen molar-refractivity contribution in [2.45, 2.75) is 32.8 Å². The maximum atomic E-state index is 10.4. The van der Waals surface area contributed by atoms with Crippen molar-refractivity contribution in [1.29, 1.82) is 0 Å². The van der Waals surface area contributed by atoms with Gasteiger partial charge >= 0.3 is 0 Å². The molecule has 0 amide bonds. The van der Waals surface area contributed by atoms with Crippen LogP contribution in [0.4, 0.5) is 5.69 Å². The van der Waals surface area contributed by atoms with Gasteiger partial charge in [0.1, 0.15) is 5.60 Å². The third-order valence-corrected chi connectivity index (χ3v) is 1.88. The van der Waals surface area contributed by atoms with Crippen LogP contribution in [0.5, 0.6) is 0 Å². The molecule has 0 fully saturated rings. The van der Waals surface area contributed by atoms with E-state index < -0.39 is 4.92 Å². The molecular formula is C12H16N2O3. The third kappa shape index (κ3) is 5.10. The molecule has 1 aromatic carbocycles. The summed E-state index contributed by atoms with van der Waals surface area (Å²) < 4.78 is 0. The summed E-state index contributed by atoms with van der Waals surface area (Å²) >= 11 is 0. The Balaban J connectivity index is 2.50. The van der Waals surface area contributed by atoms with Crippen LogP contribution in [0.15, 0.2) is 29.4 Å². The monoisotopic (exact) mass is 236 g/mol. The number of oxime groups is 1. The molecule has 92 valence electrons. The molecule has 0 aliphatic carbocycles. The van der Waals surface area contributed by atoms with Gasteiger partial charge in [0.05, 0.1) is 4.92 Å². The fourth-order valence-electron chi connectivity index (χ4n) is 1.09. The van der Waals surface area contributed by atoms with E-state index in [0.717, 1.165) is 5.56 Å². The van der Waals surface area contributed by atoms with Crippen LogP contribution in [0.2, 0.25) is 0 Å². The molecule has 0 spiro atoms. The minimum atomic E-state index is -0.416. The molecule has 5 heteroatoms. The molecule has 0 unspecified atom stereocenters. The quantitative estimate of drug-likeness (QED) is 0.458. The largest absolute Gasteiger partial charge is 0.390 e. The maximum Gasteiger partial charge on any atom is 0.269 e. The third-order valence-electron chi connectivity index (χ3n) is 1.88. The van der Waals surface area contributed by atoms with Gasteiger partial charge in [0.25, 0.3) is 5.69 Å². The molecule has 0 atom stereocenters. The zero-order valence-corrected chi connectivity index (χ0v) is 10.2. The first-order valence-electron chi connectivity index (χ1n) is 5.32. The van der Waals surface area contributed by atoms with Gasteiger partial charge in [0.2, 0.25) is 0 Å². The fraction of sp³-hybridized carbons (Fsp3) is 0.417. The van der Waals surface area contributed by atoms with Crippen LogP contribution >= 0.6 is 0 Å². The Morgan fingerprint density at radius 2 is 1.94 bits per heavy atom. The van der Waals surface area contributed by atoms with Crippen LogP contribution in [0.3, 0.4) is 0 Å². The lowest BCUT2D eigenvalue weighted by molar-refractivity contribution is -0.384. The number of non-ortho nitro benzene ring substituents is 1. The molecule has 0 bridgehead atoms. The van der Waals surface area contributed by atoms with Crippen molar-refractivity contribution in [3.05, 3.63) is 39.9 Å². The minimum Gasteiger partial charge on any atom is -0.390 e. The molecular weight excluding hydrogens is 220 g/mol. The van der Waals surface area contributed by atoms with E-state index in [1.165, 1.54) is 12.1 Å². The highest BCUT2D eigenvalue weighted by atomic mass is 16.6. The first-order chi connectivity index (χ1) is 7.88. The van der Waals surface area contributed by atoms with E-state index in [1.54, 1.807) is 18.3 Å². The van der Waals surface area contributed by atoms with E-state index in [-0.39, 0.29) is 11.3 Å². The van der Waals surface area contributed by atoms with E-state index in [4.69, 9.17) is 4.84 Å². The fourth-order valence-corrected chi connectivity index (χ4v) is 1.09. The molecule has 1 rings (SSSR count). The smallest absolute Gasteiger partial charge is 0.269 e. The van der Waals surface area contributed by atoms with Gasteiger partial charge in [-0.25, -0.2) is 0 Å². The molecule has 0 aromatic heterocycles. The lowest BCUT2D eigenvalue weighted by Crippen LogP contribution is -2.15. The summed E-state index contributed by atoms with van der Waals surface area (Å²) in [6.45, 7) is 5.74. The average molecular weight is 236 g/mol. The number of nitro groups is 1. The summed E-state index contributed by atoms with van der Waals surface area (Å²) in [7, 11) is 0. The van der Waals surface area contributed by atoms with Crippen LogP contribution in [0, 0.1) is 10.1 Å². The Labute approximate surface area is 100 Å². The number of hydrogen-bond acceptors (Lipinski definition) is 4. The predicted molar refractivity (Wildman–Crippen MR) is 66.1 cm³/mol. The summed E-state index contributed by atoms with van der Waals surface area (Å²) in [6.07, 6.45) is 2.24. The van der Waals surface area contributed by atoms with Crippen molar-refractivity contribution >= 4 is 11.9 Å². The zero-order valence-electron chi connectivity index (χ0n) is 10.2. The van der Waals surface area contributed by atoms with Crippen LogP contribution < -0.4 is 0 Å². The van der Waals surface area contributed by atoms with Gasteiger partial charge < -0.3 is 4.84 Å². The Bertz CT molecular complexity index is 405. The van der Waals surface area contributed by atoms with E-state index in [0.29, 0.717) is 6.42 Å². The molecule has 1 aromatic rings. The molecule has 17 heavy (non-hydrogen) atoms. The van der Waals surface area contributed by atoms with Gasteiger partial charge in [-0.3, -0.25) is 10.1 Å². The number of hydrogen-bond donors (Lipinski definition) is 0. The van der Waals surface area contributed by atoms with E-state index in [1.807, 2.05) is 20.8 Å². The Kier molecular flexibility index (Phi) is 4.20. The highest BCUT2D eigenvalue weighted by molar-refractivity contribution is 5.61. The zero-order chi connectivity index (χ0) is 12.9. The number of nitro benzene ring substituents is 1. The highest BCUT2D eigenvalue weighted by Crippen LogP contribution is 2.12. The first kappa shape index (κ1) is 13.2. The maximum absolute atomic E-state index is 10.4. The van der Waals surface area contributed by atoms with Gasteiger partial charge in [-0.15, -0.1) is 0 Å². The van der Waals surface area contributed by atoms with Crippen molar-refractivity contribution in [3.63, 3.8) is 0 Å². The van der Waals surface area contributed by atoms with Crippen molar-refractivity contribution in [3.8, 4) is 0 Å². The van der Waals surface area contributed by atoms with Crippen molar-refractivity contribution in [1.82, 2.24) is 0 Å². The predicted octanol–water partition coefficient (Wildman–Crippen LogP) is 2.94. The highest BCUT2D eigenvalue weighted by Gasteiger charge is 2.09. The molecule has 0 aliphatic heterocycles. The SMILES string of the molecule is CC(C)(C)O/N=C/Cc1ccc([N+](=O)[O-])cc1. The van der Waals surface area contributed by atoms with Gasteiger partial charge in [0.15, 0.2) is 0 Å². The van der Waals surface area contributed by atoms with Crippen molar-refractivity contribution < 1.29 is 9.76 Å². The van der Waals surface area contributed by atoms with Gasteiger partial charge in [0, 0.05) is 24.8 Å². The second kappa shape index (κ2) is 5.43. The number of rotatable bonds is 4. The molecule has 0 N–H and O–H groups in total. The molecule has 0 heterocycles.